The third-order valence-electron chi connectivity index (χ3n) is 6.78. The first-order valence-corrected chi connectivity index (χ1v) is 13.8. The molecule has 200 valence electrons. The average molecular weight is 550 g/mol. The van der Waals surface area contributed by atoms with E-state index in [9.17, 15) is 27.1 Å². The second-order valence-corrected chi connectivity index (χ2v) is 10.8. The Morgan fingerprint density at radius 1 is 0.821 bits per heavy atom. The van der Waals surface area contributed by atoms with Crippen LogP contribution in [0.5, 0.6) is 5.75 Å². The van der Waals surface area contributed by atoms with Gasteiger partial charge < -0.3 is 14.2 Å². The van der Waals surface area contributed by atoms with Crippen LogP contribution in [-0.2, 0) is 14.9 Å². The number of benzene rings is 4. The van der Waals surface area contributed by atoms with Crippen LogP contribution in [0.2, 0.25) is 0 Å². The summed E-state index contributed by atoms with van der Waals surface area (Å²) < 4.78 is 57.2. The van der Waals surface area contributed by atoms with E-state index in [1.54, 1.807) is 35.2 Å². The maximum Gasteiger partial charge on any atom is 0.339 e. The third kappa shape index (κ3) is 5.69. The molecular formula is C30H25F2NO5S. The smallest absolute Gasteiger partial charge is 0.339 e. The third-order valence-corrected chi connectivity index (χ3v) is 8.05. The maximum atomic E-state index is 13.5. The molecule has 4 aromatic carbocycles. The van der Waals surface area contributed by atoms with Crippen LogP contribution in [0, 0.1) is 17.6 Å². The van der Waals surface area contributed by atoms with Crippen LogP contribution in [-0.4, -0.2) is 19.4 Å². The molecule has 3 atom stereocenters. The lowest BCUT2D eigenvalue weighted by molar-refractivity contribution is -0.131. The topological polar surface area (TPSA) is 83.9 Å². The Morgan fingerprint density at radius 3 is 2.03 bits per heavy atom. The zero-order chi connectivity index (χ0) is 27.6. The maximum absolute atomic E-state index is 13.5. The van der Waals surface area contributed by atoms with Gasteiger partial charge in [0.25, 0.3) is 0 Å². The number of amides is 1. The van der Waals surface area contributed by atoms with Gasteiger partial charge >= 0.3 is 10.1 Å². The van der Waals surface area contributed by atoms with Gasteiger partial charge in [0.05, 0.1) is 18.1 Å². The number of carbonyl (C=O) groups is 1. The van der Waals surface area contributed by atoms with Crippen molar-refractivity contribution in [1.29, 1.82) is 0 Å². The van der Waals surface area contributed by atoms with Crippen LogP contribution in [0.25, 0.3) is 0 Å². The number of aliphatic hydroxyl groups is 1. The van der Waals surface area contributed by atoms with Gasteiger partial charge in [-0.2, -0.15) is 8.42 Å². The Bertz CT molecular complexity index is 1540. The molecule has 4 aromatic rings. The normalized spacial score (nSPS) is 17.9. The van der Waals surface area contributed by atoms with Crippen LogP contribution in [0.1, 0.15) is 36.1 Å². The first kappa shape index (κ1) is 26.5. The highest BCUT2D eigenvalue weighted by Crippen LogP contribution is 2.46. The molecule has 1 N–H and O–H groups in total. The van der Waals surface area contributed by atoms with Crippen molar-refractivity contribution in [3.63, 3.8) is 0 Å². The molecule has 0 saturated carbocycles. The van der Waals surface area contributed by atoms with Crippen LogP contribution in [0.15, 0.2) is 108 Å². The summed E-state index contributed by atoms with van der Waals surface area (Å²) in [6.45, 7) is 0. The van der Waals surface area contributed by atoms with Crippen molar-refractivity contribution in [3.8, 4) is 5.75 Å². The summed E-state index contributed by atoms with van der Waals surface area (Å²) in [7, 11) is -4.01. The van der Waals surface area contributed by atoms with Crippen molar-refractivity contribution in [1.82, 2.24) is 0 Å². The summed E-state index contributed by atoms with van der Waals surface area (Å²) >= 11 is 0. The number of hydrogen-bond acceptors (Lipinski definition) is 5. The fourth-order valence-electron chi connectivity index (χ4n) is 4.77. The summed E-state index contributed by atoms with van der Waals surface area (Å²) in [5.74, 6) is -1.37. The molecule has 9 heteroatoms. The molecule has 1 heterocycles. The molecule has 1 amide bonds. The number of rotatable bonds is 9. The minimum atomic E-state index is -4.01. The number of aliphatic hydroxyl groups excluding tert-OH is 1. The molecule has 39 heavy (non-hydrogen) atoms. The molecule has 1 aliphatic heterocycles. The van der Waals surface area contributed by atoms with Gasteiger partial charge in [-0.1, -0.05) is 42.5 Å². The summed E-state index contributed by atoms with van der Waals surface area (Å²) in [6, 6.07) is 24.9. The van der Waals surface area contributed by atoms with E-state index in [-0.39, 0.29) is 23.0 Å². The van der Waals surface area contributed by atoms with E-state index < -0.39 is 39.8 Å². The van der Waals surface area contributed by atoms with Gasteiger partial charge in [0.15, 0.2) is 0 Å². The van der Waals surface area contributed by atoms with Crippen LogP contribution in [0.3, 0.4) is 0 Å². The highest BCUT2D eigenvalue weighted by molar-refractivity contribution is 7.87. The molecule has 0 aromatic heterocycles. The van der Waals surface area contributed by atoms with Gasteiger partial charge in [0, 0.05) is 5.69 Å². The van der Waals surface area contributed by atoms with E-state index in [0.29, 0.717) is 17.7 Å². The lowest BCUT2D eigenvalue weighted by Gasteiger charge is -2.48. The summed E-state index contributed by atoms with van der Waals surface area (Å²) in [5.41, 5.74) is 1.80. The Morgan fingerprint density at radius 2 is 1.41 bits per heavy atom. The molecule has 0 bridgehead atoms. The Balaban J connectivity index is 1.37. The summed E-state index contributed by atoms with van der Waals surface area (Å²) in [4.78, 5) is 14.8. The lowest BCUT2D eigenvalue weighted by Crippen LogP contribution is -2.55. The number of halogens is 2. The first-order valence-electron chi connectivity index (χ1n) is 12.3. The van der Waals surface area contributed by atoms with Gasteiger partial charge in [0.1, 0.15) is 22.3 Å². The number of nitrogens with zero attached hydrogens (tertiary/aromatic N) is 1. The highest BCUT2D eigenvalue weighted by Gasteiger charge is 2.48. The fraction of sp³-hybridized carbons (Fsp3) is 0.167. The van der Waals surface area contributed by atoms with Gasteiger partial charge in [-0.25, -0.2) is 8.78 Å². The van der Waals surface area contributed by atoms with Crippen molar-refractivity contribution in [2.75, 3.05) is 4.90 Å². The molecule has 0 radical (unpaired) electrons. The highest BCUT2D eigenvalue weighted by atomic mass is 32.2. The molecule has 0 unspecified atom stereocenters. The van der Waals surface area contributed by atoms with Crippen molar-refractivity contribution >= 4 is 21.7 Å². The van der Waals surface area contributed by atoms with Crippen LogP contribution >= 0.6 is 0 Å². The zero-order valence-electron chi connectivity index (χ0n) is 20.7. The standard InChI is InChI=1S/C30H25F2NO5S/c31-22-10-6-20(7-11-22)28(34)19-18-27-29(33(30(27)35)24-14-12-23(32)13-15-24)21-8-16-25(17-9-21)38-39(36,37)26-4-2-1-3-5-26/h1-17,27-29,34H,18-19H2/t27-,28+,29-/m1/s1. The number of carbonyl (C=O) groups excluding carboxylic acids is 1. The fourth-order valence-corrected chi connectivity index (χ4v) is 5.72. The minimum absolute atomic E-state index is 0.0286. The van der Waals surface area contributed by atoms with Gasteiger partial charge in [0.2, 0.25) is 5.91 Å². The van der Waals surface area contributed by atoms with Crippen molar-refractivity contribution in [2.24, 2.45) is 5.92 Å². The van der Waals surface area contributed by atoms with E-state index in [0.717, 1.165) is 5.56 Å². The molecule has 1 aliphatic rings. The average Bonchev–Trinajstić information content (AvgIpc) is 2.94. The number of β-lactam (4-membered cyclic amide) rings is 1. The molecule has 5 rings (SSSR count). The molecule has 0 spiro atoms. The largest absolute Gasteiger partial charge is 0.388 e. The van der Waals surface area contributed by atoms with E-state index in [1.807, 2.05) is 0 Å². The monoisotopic (exact) mass is 549 g/mol. The lowest BCUT2D eigenvalue weighted by atomic mass is 9.78. The second kappa shape index (κ2) is 11.0. The van der Waals surface area contributed by atoms with Crippen molar-refractivity contribution < 1.29 is 31.3 Å². The minimum Gasteiger partial charge on any atom is -0.388 e. The Kier molecular flexibility index (Phi) is 7.45. The van der Waals surface area contributed by atoms with Crippen molar-refractivity contribution in [2.45, 2.75) is 29.9 Å². The van der Waals surface area contributed by atoms with Crippen LogP contribution in [0.4, 0.5) is 14.5 Å². The second-order valence-electron chi connectivity index (χ2n) is 9.30. The van der Waals surface area contributed by atoms with E-state index in [2.05, 4.69) is 0 Å². The Labute approximate surface area is 225 Å². The van der Waals surface area contributed by atoms with Crippen LogP contribution < -0.4 is 9.08 Å². The predicted octanol–water partition coefficient (Wildman–Crippen LogP) is 5.95. The van der Waals surface area contributed by atoms with Gasteiger partial charge in [-0.3, -0.25) is 4.79 Å². The van der Waals surface area contributed by atoms with Gasteiger partial charge in [-0.15, -0.1) is 0 Å². The number of hydrogen-bond donors (Lipinski definition) is 1. The summed E-state index contributed by atoms with van der Waals surface area (Å²) in [6.07, 6.45) is -0.259. The van der Waals surface area contributed by atoms with E-state index >= 15 is 0 Å². The van der Waals surface area contributed by atoms with E-state index in [4.69, 9.17) is 4.18 Å². The SMILES string of the molecule is O=C1[C@H](CC[C@H](O)c2ccc(F)cc2)[C@@H](c2ccc(OS(=O)(=O)c3ccccc3)cc2)N1c1ccc(F)cc1. The molecule has 6 nitrogen and oxygen atoms in total. The molecule has 0 aliphatic carbocycles. The molecular weight excluding hydrogens is 524 g/mol. The van der Waals surface area contributed by atoms with Crippen molar-refractivity contribution in [3.05, 3.63) is 126 Å². The zero-order valence-corrected chi connectivity index (χ0v) is 21.5. The molecule has 1 fully saturated rings. The molecule has 1 saturated heterocycles. The number of anilines is 1. The first-order chi connectivity index (χ1) is 18.7. The summed E-state index contributed by atoms with van der Waals surface area (Å²) in [5, 5.41) is 10.6. The quantitative estimate of drug-likeness (QED) is 0.206. The van der Waals surface area contributed by atoms with E-state index in [1.165, 1.54) is 72.8 Å². The predicted molar refractivity (Wildman–Crippen MR) is 141 cm³/mol. The van der Waals surface area contributed by atoms with Gasteiger partial charge in [-0.05, 0) is 84.6 Å². The Hall–Kier alpha value is -4.08.